The van der Waals surface area contributed by atoms with E-state index in [4.69, 9.17) is 0 Å². The summed E-state index contributed by atoms with van der Waals surface area (Å²) in [5.74, 6) is -0.0404. The molecule has 9 heteroatoms. The molecule has 0 saturated heterocycles. The normalized spacial score (nSPS) is 11.1. The number of tetrazole rings is 1. The van der Waals surface area contributed by atoms with Crippen LogP contribution >= 0.6 is 27.7 Å². The zero-order valence-electron chi connectivity index (χ0n) is 15.0. The fourth-order valence-electron chi connectivity index (χ4n) is 2.89. The second-order valence-electron chi connectivity index (χ2n) is 6.24. The Hall–Kier alpha value is -2.65. The van der Waals surface area contributed by atoms with Gasteiger partial charge >= 0.3 is 0 Å². The number of para-hydroxylation sites is 1. The van der Waals surface area contributed by atoms with Gasteiger partial charge in [0, 0.05) is 39.9 Å². The van der Waals surface area contributed by atoms with E-state index in [9.17, 15) is 4.79 Å². The number of rotatable bonds is 6. The van der Waals surface area contributed by atoms with Crippen LogP contribution < -0.4 is 5.32 Å². The number of halogens is 1. The molecule has 2 aromatic carbocycles. The SMILES string of the molecule is Cn1nnnc1Sc1ccc(Br)cc1NC(=O)CCc1c[nH]c2ccccc12. The number of aromatic nitrogens is 5. The standard InChI is InChI=1S/C19H17BrN6OS/c1-26-19(23-24-25-26)28-17-8-7-13(20)10-16(17)22-18(27)9-6-12-11-21-15-5-3-2-4-14(12)15/h2-5,7-8,10-11,21H,6,9H2,1H3,(H,22,27). The topological polar surface area (TPSA) is 88.5 Å². The Morgan fingerprint density at radius 1 is 1.29 bits per heavy atom. The van der Waals surface area contributed by atoms with Crippen LogP contribution in [0.3, 0.4) is 0 Å². The maximum Gasteiger partial charge on any atom is 0.224 e. The lowest BCUT2D eigenvalue weighted by atomic mass is 10.1. The first-order chi connectivity index (χ1) is 13.6. The summed E-state index contributed by atoms with van der Waals surface area (Å²) in [6.07, 6.45) is 3.03. The van der Waals surface area contributed by atoms with Crippen LogP contribution in [0.2, 0.25) is 0 Å². The number of hydrogen-bond donors (Lipinski definition) is 2. The van der Waals surface area contributed by atoms with Gasteiger partial charge in [-0.2, -0.15) is 0 Å². The average Bonchev–Trinajstić information content (AvgIpc) is 3.28. The molecule has 0 unspecified atom stereocenters. The van der Waals surface area contributed by atoms with Crippen LogP contribution in [0.25, 0.3) is 10.9 Å². The lowest BCUT2D eigenvalue weighted by molar-refractivity contribution is -0.116. The van der Waals surface area contributed by atoms with Gasteiger partial charge in [-0.1, -0.05) is 34.1 Å². The Morgan fingerprint density at radius 3 is 2.96 bits per heavy atom. The third-order valence-electron chi connectivity index (χ3n) is 4.29. The molecule has 0 fully saturated rings. The summed E-state index contributed by atoms with van der Waals surface area (Å²) in [6.45, 7) is 0. The Morgan fingerprint density at radius 2 is 2.14 bits per heavy atom. The first-order valence-corrected chi connectivity index (χ1v) is 10.3. The van der Waals surface area contributed by atoms with E-state index in [1.807, 2.05) is 42.6 Å². The molecule has 0 saturated carbocycles. The van der Waals surface area contributed by atoms with Crippen LogP contribution in [0.1, 0.15) is 12.0 Å². The number of fused-ring (bicyclic) bond motifs is 1. The van der Waals surface area contributed by atoms with E-state index in [2.05, 4.69) is 47.8 Å². The largest absolute Gasteiger partial charge is 0.361 e. The number of H-pyrrole nitrogens is 1. The summed E-state index contributed by atoms with van der Waals surface area (Å²) in [5.41, 5.74) is 2.95. The van der Waals surface area contributed by atoms with Gasteiger partial charge in [0.2, 0.25) is 11.1 Å². The maximum atomic E-state index is 12.6. The van der Waals surface area contributed by atoms with Gasteiger partial charge in [0.15, 0.2) is 0 Å². The molecular formula is C19H17BrN6OS. The summed E-state index contributed by atoms with van der Waals surface area (Å²) in [5, 5.41) is 16.3. The first-order valence-electron chi connectivity index (χ1n) is 8.65. The van der Waals surface area contributed by atoms with Crippen LogP contribution in [0, 0.1) is 0 Å². The molecule has 0 aliphatic heterocycles. The predicted octanol–water partition coefficient (Wildman–Crippen LogP) is 4.18. The molecule has 0 radical (unpaired) electrons. The van der Waals surface area contributed by atoms with Crippen molar-refractivity contribution in [2.45, 2.75) is 22.9 Å². The molecule has 0 spiro atoms. The lowest BCUT2D eigenvalue weighted by Crippen LogP contribution is -2.13. The lowest BCUT2D eigenvalue weighted by Gasteiger charge is -2.11. The third-order valence-corrected chi connectivity index (χ3v) is 5.89. The van der Waals surface area contributed by atoms with Crippen molar-refractivity contribution in [2.75, 3.05) is 5.32 Å². The van der Waals surface area contributed by atoms with Crippen molar-refractivity contribution in [1.82, 2.24) is 25.2 Å². The molecule has 0 atom stereocenters. The molecule has 7 nitrogen and oxygen atoms in total. The molecule has 4 aromatic rings. The monoisotopic (exact) mass is 456 g/mol. The summed E-state index contributed by atoms with van der Waals surface area (Å²) in [7, 11) is 1.78. The van der Waals surface area contributed by atoms with Crippen LogP contribution in [-0.2, 0) is 18.3 Å². The van der Waals surface area contributed by atoms with Gasteiger partial charge in [-0.25, -0.2) is 4.68 Å². The van der Waals surface area contributed by atoms with E-state index in [1.54, 1.807) is 11.7 Å². The van der Waals surface area contributed by atoms with E-state index < -0.39 is 0 Å². The third kappa shape index (κ3) is 4.10. The molecule has 0 aliphatic rings. The number of aryl methyl sites for hydroxylation is 2. The molecule has 142 valence electrons. The highest BCUT2D eigenvalue weighted by molar-refractivity contribution is 9.10. The molecule has 1 amide bonds. The molecule has 2 aromatic heterocycles. The Balaban J connectivity index is 1.46. The number of amides is 1. The highest BCUT2D eigenvalue weighted by atomic mass is 79.9. The van der Waals surface area contributed by atoms with E-state index in [0.29, 0.717) is 18.0 Å². The summed E-state index contributed by atoms with van der Waals surface area (Å²) in [6, 6.07) is 13.8. The number of carbonyl (C=O) groups is 1. The summed E-state index contributed by atoms with van der Waals surface area (Å²) in [4.78, 5) is 16.7. The minimum Gasteiger partial charge on any atom is -0.361 e. The molecule has 4 rings (SSSR count). The smallest absolute Gasteiger partial charge is 0.224 e. The number of anilines is 1. The van der Waals surface area contributed by atoms with E-state index in [-0.39, 0.29) is 5.91 Å². The number of hydrogen-bond acceptors (Lipinski definition) is 5. The van der Waals surface area contributed by atoms with Crippen molar-refractivity contribution in [2.24, 2.45) is 7.05 Å². The highest BCUT2D eigenvalue weighted by Gasteiger charge is 2.13. The average molecular weight is 457 g/mol. The van der Waals surface area contributed by atoms with Gasteiger partial charge < -0.3 is 10.3 Å². The van der Waals surface area contributed by atoms with E-state index in [0.717, 1.165) is 31.5 Å². The van der Waals surface area contributed by atoms with Crippen molar-refractivity contribution in [3.8, 4) is 0 Å². The minimum absolute atomic E-state index is 0.0404. The van der Waals surface area contributed by atoms with Crippen LogP contribution in [0.4, 0.5) is 5.69 Å². The van der Waals surface area contributed by atoms with Crippen molar-refractivity contribution in [3.63, 3.8) is 0 Å². The van der Waals surface area contributed by atoms with Crippen molar-refractivity contribution < 1.29 is 4.79 Å². The van der Waals surface area contributed by atoms with Crippen LogP contribution in [-0.4, -0.2) is 31.1 Å². The molecular weight excluding hydrogens is 440 g/mol. The van der Waals surface area contributed by atoms with Gasteiger partial charge in [-0.05, 0) is 58.4 Å². The van der Waals surface area contributed by atoms with Gasteiger partial charge in [-0.3, -0.25) is 4.79 Å². The maximum absolute atomic E-state index is 12.6. The molecule has 0 aliphatic carbocycles. The van der Waals surface area contributed by atoms with Crippen LogP contribution in [0.5, 0.6) is 0 Å². The van der Waals surface area contributed by atoms with Gasteiger partial charge in [0.1, 0.15) is 0 Å². The highest BCUT2D eigenvalue weighted by Crippen LogP contribution is 2.34. The van der Waals surface area contributed by atoms with Crippen molar-refractivity contribution >= 4 is 50.2 Å². The van der Waals surface area contributed by atoms with E-state index >= 15 is 0 Å². The first kappa shape index (κ1) is 18.7. The molecule has 28 heavy (non-hydrogen) atoms. The Kier molecular flexibility index (Phi) is 5.45. The number of benzene rings is 2. The number of nitrogens with zero attached hydrogens (tertiary/aromatic N) is 4. The Labute approximate surface area is 174 Å². The molecule has 2 N–H and O–H groups in total. The van der Waals surface area contributed by atoms with Gasteiger partial charge in [-0.15, -0.1) is 5.10 Å². The van der Waals surface area contributed by atoms with Crippen LogP contribution in [0.15, 0.2) is 63.2 Å². The van der Waals surface area contributed by atoms with Crippen molar-refractivity contribution in [1.29, 1.82) is 0 Å². The number of aromatic amines is 1. The summed E-state index contributed by atoms with van der Waals surface area (Å²) >= 11 is 4.87. The Bertz CT molecular complexity index is 1140. The molecule has 2 heterocycles. The second kappa shape index (κ2) is 8.15. The zero-order valence-corrected chi connectivity index (χ0v) is 17.4. The molecule has 0 bridgehead atoms. The summed E-state index contributed by atoms with van der Waals surface area (Å²) < 4.78 is 2.48. The van der Waals surface area contributed by atoms with Gasteiger partial charge in [0.05, 0.1) is 5.69 Å². The second-order valence-corrected chi connectivity index (χ2v) is 8.16. The minimum atomic E-state index is -0.0404. The predicted molar refractivity (Wildman–Crippen MR) is 112 cm³/mol. The van der Waals surface area contributed by atoms with Crippen molar-refractivity contribution in [3.05, 3.63) is 58.7 Å². The van der Waals surface area contributed by atoms with Gasteiger partial charge in [0.25, 0.3) is 0 Å². The number of nitrogens with one attached hydrogen (secondary N) is 2. The fraction of sp³-hybridized carbons (Fsp3) is 0.158. The fourth-order valence-corrected chi connectivity index (χ4v) is 4.05. The van der Waals surface area contributed by atoms with E-state index in [1.165, 1.54) is 11.8 Å². The zero-order chi connectivity index (χ0) is 19.5. The quantitative estimate of drug-likeness (QED) is 0.454. The number of carbonyl (C=O) groups excluding carboxylic acids is 1.